The van der Waals surface area contributed by atoms with Gasteiger partial charge in [0.2, 0.25) is 0 Å². The van der Waals surface area contributed by atoms with Gasteiger partial charge >= 0.3 is 0 Å². The highest BCUT2D eigenvalue weighted by molar-refractivity contribution is 14.1. The third-order valence-electron chi connectivity index (χ3n) is 1.99. The van der Waals surface area contributed by atoms with Gasteiger partial charge in [0.1, 0.15) is 19.0 Å². The molecule has 1 aromatic carbocycles. The Balaban J connectivity index is 2.81. The van der Waals surface area contributed by atoms with Gasteiger partial charge in [-0.2, -0.15) is 0 Å². The summed E-state index contributed by atoms with van der Waals surface area (Å²) < 4.78 is 18.3. The quantitative estimate of drug-likeness (QED) is 0.839. The van der Waals surface area contributed by atoms with Crippen molar-refractivity contribution in [1.82, 2.24) is 0 Å². The Bertz CT molecular complexity index is 349. The number of ether oxygens (including phenoxy) is 1. The van der Waals surface area contributed by atoms with E-state index in [1.54, 1.807) is 0 Å². The SMILES string of the molecule is CC(C)(N)Cc1ccc(I)c(OCCF)c1. The van der Waals surface area contributed by atoms with Crippen LogP contribution in [-0.4, -0.2) is 18.8 Å². The lowest BCUT2D eigenvalue weighted by Gasteiger charge is -2.19. The predicted octanol–water partition coefficient (Wildman–Crippen LogP) is 2.92. The minimum Gasteiger partial charge on any atom is -0.490 e. The topological polar surface area (TPSA) is 35.2 Å². The molecule has 0 fully saturated rings. The van der Waals surface area contributed by atoms with E-state index >= 15 is 0 Å². The van der Waals surface area contributed by atoms with Crippen LogP contribution in [0, 0.1) is 3.57 Å². The molecule has 2 nitrogen and oxygen atoms in total. The Morgan fingerprint density at radius 3 is 2.69 bits per heavy atom. The van der Waals surface area contributed by atoms with Crippen LogP contribution >= 0.6 is 22.6 Å². The zero-order chi connectivity index (χ0) is 12.2. The second kappa shape index (κ2) is 5.82. The average Bonchev–Trinajstić information content (AvgIpc) is 2.17. The molecule has 0 aliphatic heterocycles. The standard InChI is InChI=1S/C12H17FINO/c1-12(2,15)8-9-3-4-10(14)11(7-9)16-6-5-13/h3-4,7H,5-6,8,15H2,1-2H3. The van der Waals surface area contributed by atoms with E-state index in [1.165, 1.54) is 0 Å². The van der Waals surface area contributed by atoms with Gasteiger partial charge in [0.15, 0.2) is 0 Å². The van der Waals surface area contributed by atoms with Gasteiger partial charge in [0, 0.05) is 5.54 Å². The maximum Gasteiger partial charge on any atom is 0.133 e. The largest absolute Gasteiger partial charge is 0.490 e. The third-order valence-corrected chi connectivity index (χ3v) is 2.88. The molecule has 1 aromatic rings. The molecule has 0 bridgehead atoms. The first-order valence-electron chi connectivity index (χ1n) is 5.18. The van der Waals surface area contributed by atoms with Gasteiger partial charge in [-0.3, -0.25) is 0 Å². The van der Waals surface area contributed by atoms with Crippen molar-refractivity contribution in [2.75, 3.05) is 13.3 Å². The molecule has 0 amide bonds. The molecule has 0 atom stereocenters. The number of halogens is 2. The van der Waals surface area contributed by atoms with Crippen molar-refractivity contribution < 1.29 is 9.13 Å². The minimum absolute atomic E-state index is 0.103. The van der Waals surface area contributed by atoms with Crippen LogP contribution in [0.15, 0.2) is 18.2 Å². The summed E-state index contributed by atoms with van der Waals surface area (Å²) >= 11 is 2.18. The predicted molar refractivity (Wildman–Crippen MR) is 72.6 cm³/mol. The molecule has 0 radical (unpaired) electrons. The van der Waals surface area contributed by atoms with Crippen LogP contribution < -0.4 is 10.5 Å². The molecule has 0 saturated heterocycles. The van der Waals surface area contributed by atoms with Gasteiger partial charge in [-0.25, -0.2) is 4.39 Å². The average molecular weight is 337 g/mol. The van der Waals surface area contributed by atoms with Gasteiger partial charge < -0.3 is 10.5 Å². The molecule has 0 aromatic heterocycles. The lowest BCUT2D eigenvalue weighted by Crippen LogP contribution is -2.34. The van der Waals surface area contributed by atoms with Gasteiger partial charge in [-0.05, 0) is 60.6 Å². The first-order chi connectivity index (χ1) is 7.42. The molecular weight excluding hydrogens is 320 g/mol. The summed E-state index contributed by atoms with van der Waals surface area (Å²) in [5.74, 6) is 0.736. The summed E-state index contributed by atoms with van der Waals surface area (Å²) in [5, 5.41) is 0. The van der Waals surface area contributed by atoms with Crippen molar-refractivity contribution >= 4 is 22.6 Å². The van der Waals surface area contributed by atoms with Gasteiger partial charge in [-0.1, -0.05) is 6.07 Å². The fraction of sp³-hybridized carbons (Fsp3) is 0.500. The molecule has 0 unspecified atom stereocenters. The Morgan fingerprint density at radius 1 is 1.44 bits per heavy atom. The van der Waals surface area contributed by atoms with Crippen molar-refractivity contribution in [1.29, 1.82) is 0 Å². The van der Waals surface area contributed by atoms with E-state index in [9.17, 15) is 4.39 Å². The fourth-order valence-electron chi connectivity index (χ4n) is 1.44. The number of hydrogen-bond donors (Lipinski definition) is 1. The summed E-state index contributed by atoms with van der Waals surface area (Å²) in [6, 6.07) is 5.93. The Hall–Kier alpha value is -0.360. The van der Waals surface area contributed by atoms with Crippen molar-refractivity contribution in [2.45, 2.75) is 25.8 Å². The van der Waals surface area contributed by atoms with Gasteiger partial charge in [0.05, 0.1) is 3.57 Å². The molecule has 4 heteroatoms. The van der Waals surface area contributed by atoms with E-state index in [2.05, 4.69) is 22.6 Å². The Labute approximate surface area is 110 Å². The smallest absolute Gasteiger partial charge is 0.133 e. The summed E-state index contributed by atoms with van der Waals surface area (Å²) in [6.07, 6.45) is 0.774. The van der Waals surface area contributed by atoms with Crippen molar-refractivity contribution in [3.8, 4) is 5.75 Å². The van der Waals surface area contributed by atoms with Crippen LogP contribution in [-0.2, 0) is 6.42 Å². The number of nitrogens with two attached hydrogens (primary N) is 1. The van der Waals surface area contributed by atoms with E-state index in [-0.39, 0.29) is 12.1 Å². The van der Waals surface area contributed by atoms with Gasteiger partial charge in [0.25, 0.3) is 0 Å². The summed E-state index contributed by atoms with van der Waals surface area (Å²) in [7, 11) is 0. The van der Waals surface area contributed by atoms with Crippen LogP contribution in [0.25, 0.3) is 0 Å². The summed E-state index contributed by atoms with van der Waals surface area (Å²) in [4.78, 5) is 0. The second-order valence-corrected chi connectivity index (χ2v) is 5.63. The molecule has 2 N–H and O–H groups in total. The number of benzene rings is 1. The van der Waals surface area contributed by atoms with Crippen LogP contribution in [0.4, 0.5) is 4.39 Å². The number of hydrogen-bond acceptors (Lipinski definition) is 2. The van der Waals surface area contributed by atoms with Crippen molar-refractivity contribution in [3.05, 3.63) is 27.3 Å². The first kappa shape index (κ1) is 13.7. The highest BCUT2D eigenvalue weighted by Gasteiger charge is 2.13. The zero-order valence-electron chi connectivity index (χ0n) is 9.59. The molecule has 0 saturated carbocycles. The Morgan fingerprint density at radius 2 is 2.12 bits per heavy atom. The minimum atomic E-state index is -0.470. The second-order valence-electron chi connectivity index (χ2n) is 4.47. The van der Waals surface area contributed by atoms with Crippen LogP contribution in [0.5, 0.6) is 5.75 Å². The van der Waals surface area contributed by atoms with E-state index in [0.29, 0.717) is 0 Å². The molecule has 16 heavy (non-hydrogen) atoms. The maximum absolute atomic E-state index is 12.0. The highest BCUT2D eigenvalue weighted by Crippen LogP contribution is 2.24. The zero-order valence-corrected chi connectivity index (χ0v) is 11.8. The van der Waals surface area contributed by atoms with E-state index in [1.807, 2.05) is 32.0 Å². The molecule has 1 rings (SSSR count). The van der Waals surface area contributed by atoms with Crippen LogP contribution in [0.1, 0.15) is 19.4 Å². The molecule has 0 aliphatic carbocycles. The van der Waals surface area contributed by atoms with E-state index in [0.717, 1.165) is 21.3 Å². The molecule has 0 spiro atoms. The van der Waals surface area contributed by atoms with Crippen LogP contribution in [0.2, 0.25) is 0 Å². The molecule has 0 aliphatic rings. The summed E-state index contributed by atoms with van der Waals surface area (Å²) in [6.45, 7) is 3.59. The third kappa shape index (κ3) is 4.65. The van der Waals surface area contributed by atoms with Crippen molar-refractivity contribution in [2.24, 2.45) is 5.73 Å². The van der Waals surface area contributed by atoms with Crippen LogP contribution in [0.3, 0.4) is 0 Å². The molecule has 90 valence electrons. The fourth-order valence-corrected chi connectivity index (χ4v) is 1.93. The van der Waals surface area contributed by atoms with E-state index in [4.69, 9.17) is 10.5 Å². The maximum atomic E-state index is 12.0. The number of rotatable bonds is 5. The van der Waals surface area contributed by atoms with Crippen molar-refractivity contribution in [3.63, 3.8) is 0 Å². The lowest BCUT2D eigenvalue weighted by molar-refractivity contribution is 0.271. The Kier molecular flexibility index (Phi) is 4.98. The first-order valence-corrected chi connectivity index (χ1v) is 6.26. The lowest BCUT2D eigenvalue weighted by atomic mass is 9.96. The molecular formula is C12H17FINO. The number of alkyl halides is 1. The normalized spacial score (nSPS) is 11.6. The highest BCUT2D eigenvalue weighted by atomic mass is 127. The molecule has 0 heterocycles. The monoisotopic (exact) mass is 337 g/mol. The van der Waals surface area contributed by atoms with Gasteiger partial charge in [-0.15, -0.1) is 0 Å². The summed E-state index contributed by atoms with van der Waals surface area (Å²) in [5.41, 5.74) is 6.82. The van der Waals surface area contributed by atoms with E-state index < -0.39 is 6.67 Å².